The van der Waals surface area contributed by atoms with Crippen molar-refractivity contribution in [2.75, 3.05) is 31.1 Å². The fourth-order valence-electron chi connectivity index (χ4n) is 5.15. The van der Waals surface area contributed by atoms with Crippen molar-refractivity contribution in [2.45, 2.75) is 52.8 Å². The molecule has 5 rings (SSSR count). The first-order chi connectivity index (χ1) is 18.4. The molecule has 1 N–H and O–H groups in total. The van der Waals surface area contributed by atoms with Crippen LogP contribution in [-0.2, 0) is 11.3 Å². The van der Waals surface area contributed by atoms with Crippen LogP contribution in [0.25, 0.3) is 22.0 Å². The maximum atomic E-state index is 15.0. The van der Waals surface area contributed by atoms with Gasteiger partial charge in [-0.05, 0) is 44.9 Å². The maximum absolute atomic E-state index is 15.0. The van der Waals surface area contributed by atoms with Crippen LogP contribution < -0.4 is 15.3 Å². The summed E-state index contributed by atoms with van der Waals surface area (Å²) in [7, 11) is 0. The van der Waals surface area contributed by atoms with Crippen LogP contribution in [0.5, 0.6) is 11.5 Å². The van der Waals surface area contributed by atoms with Crippen molar-refractivity contribution < 1.29 is 23.8 Å². The van der Waals surface area contributed by atoms with Gasteiger partial charge in [-0.1, -0.05) is 31.5 Å². The van der Waals surface area contributed by atoms with Gasteiger partial charge in [0.15, 0.2) is 5.75 Å². The van der Waals surface area contributed by atoms with Gasteiger partial charge in [0.1, 0.15) is 29.6 Å². The van der Waals surface area contributed by atoms with Crippen molar-refractivity contribution in [3.05, 3.63) is 45.6 Å². The van der Waals surface area contributed by atoms with Crippen LogP contribution in [0.1, 0.15) is 34.6 Å². The van der Waals surface area contributed by atoms with Gasteiger partial charge in [0.05, 0.1) is 27.5 Å². The zero-order chi connectivity index (χ0) is 28.2. The number of fused-ring (bicyclic) bond motifs is 2. The molecule has 0 spiro atoms. The Bertz CT molecular complexity index is 1500. The van der Waals surface area contributed by atoms with Crippen molar-refractivity contribution in [1.29, 1.82) is 0 Å². The van der Waals surface area contributed by atoms with E-state index in [2.05, 4.69) is 4.98 Å². The number of ether oxygens (including phenoxy) is 2. The highest BCUT2D eigenvalue weighted by molar-refractivity contribution is 6.36. The van der Waals surface area contributed by atoms with E-state index < -0.39 is 23.2 Å². The highest BCUT2D eigenvalue weighted by Crippen LogP contribution is 2.48. The van der Waals surface area contributed by atoms with Gasteiger partial charge in [0.25, 0.3) is 0 Å². The standard InChI is InChI=1S/C28H32ClFN4O5/c1-15(2)12-34-19-11-17(21-18(30)7-6-8-20(21)35)23(29)24-22(19)25(31-26(34)36)33-10-9-32(13-16(33)14-38-24)27(37)39-28(3,4)5/h6-8,11,15-16,35H,9-10,12-14H2,1-5H3/t16-/m0/s1. The minimum atomic E-state index is -0.658. The average molecular weight is 559 g/mol. The highest BCUT2D eigenvalue weighted by atomic mass is 35.5. The van der Waals surface area contributed by atoms with E-state index in [-0.39, 0.29) is 46.2 Å². The van der Waals surface area contributed by atoms with Crippen molar-refractivity contribution in [2.24, 2.45) is 5.92 Å². The molecule has 1 aromatic heterocycles. The summed E-state index contributed by atoms with van der Waals surface area (Å²) in [5.41, 5.74) is -0.492. The largest absolute Gasteiger partial charge is 0.507 e. The fourth-order valence-corrected chi connectivity index (χ4v) is 5.45. The summed E-state index contributed by atoms with van der Waals surface area (Å²) in [4.78, 5) is 34.3. The lowest BCUT2D eigenvalue weighted by molar-refractivity contribution is 0.0202. The minimum absolute atomic E-state index is 0.0794. The van der Waals surface area contributed by atoms with Crippen LogP contribution in [0.15, 0.2) is 29.1 Å². The summed E-state index contributed by atoms with van der Waals surface area (Å²) in [5, 5.41) is 11.2. The van der Waals surface area contributed by atoms with E-state index in [9.17, 15) is 19.1 Å². The zero-order valence-electron chi connectivity index (χ0n) is 22.6. The number of amides is 1. The molecule has 2 aliphatic heterocycles. The number of carbonyl (C=O) groups is 1. The summed E-state index contributed by atoms with van der Waals surface area (Å²) in [6, 6.07) is 5.30. The molecule has 11 heteroatoms. The quantitative estimate of drug-likeness (QED) is 0.481. The summed E-state index contributed by atoms with van der Waals surface area (Å²) < 4.78 is 28.4. The molecule has 2 aromatic carbocycles. The van der Waals surface area contributed by atoms with Crippen molar-refractivity contribution in [1.82, 2.24) is 14.5 Å². The number of phenols is 1. The molecule has 0 saturated carbocycles. The summed E-state index contributed by atoms with van der Waals surface area (Å²) in [5.74, 6) is -0.171. The van der Waals surface area contributed by atoms with Gasteiger partial charge in [0, 0.05) is 31.7 Å². The van der Waals surface area contributed by atoms with E-state index in [1.807, 2.05) is 39.5 Å². The summed E-state index contributed by atoms with van der Waals surface area (Å²) in [6.07, 6.45) is -0.426. The molecule has 0 aliphatic carbocycles. The number of phenolic OH excluding ortho intramolecular Hbond substituents is 1. The lowest BCUT2D eigenvalue weighted by Gasteiger charge is -2.41. The number of aromatic hydroxyl groups is 1. The van der Waals surface area contributed by atoms with E-state index in [4.69, 9.17) is 21.1 Å². The van der Waals surface area contributed by atoms with Gasteiger partial charge in [-0.25, -0.2) is 14.0 Å². The highest BCUT2D eigenvalue weighted by Gasteiger charge is 2.38. The van der Waals surface area contributed by atoms with Crippen molar-refractivity contribution in [3.8, 4) is 22.6 Å². The van der Waals surface area contributed by atoms with Crippen LogP contribution in [-0.4, -0.2) is 63.5 Å². The summed E-state index contributed by atoms with van der Waals surface area (Å²) in [6.45, 7) is 11.0. The van der Waals surface area contributed by atoms with Crippen LogP contribution in [0, 0.1) is 11.7 Å². The molecule has 1 fully saturated rings. The number of anilines is 1. The predicted octanol–water partition coefficient (Wildman–Crippen LogP) is 5.04. The number of carbonyl (C=O) groups excluding carboxylic acids is 1. The Morgan fingerprint density at radius 1 is 1.31 bits per heavy atom. The first-order valence-electron chi connectivity index (χ1n) is 13.0. The second-order valence-corrected chi connectivity index (χ2v) is 11.8. The third kappa shape index (κ3) is 4.97. The first kappa shape index (κ1) is 27.1. The SMILES string of the molecule is CC(C)Cn1c(=O)nc2c3c(c(Cl)c(-c4c(O)cccc4F)cc31)OC[C@@H]1CN(C(=O)OC(C)(C)C)CCN21. The van der Waals surface area contributed by atoms with E-state index in [1.165, 1.54) is 22.8 Å². The predicted molar refractivity (Wildman–Crippen MR) is 147 cm³/mol. The number of halogens is 2. The number of nitrogens with zero attached hydrogens (tertiary/aromatic N) is 4. The molecular weight excluding hydrogens is 527 g/mol. The van der Waals surface area contributed by atoms with Gasteiger partial charge < -0.3 is 24.4 Å². The lowest BCUT2D eigenvalue weighted by atomic mass is 10.0. The Morgan fingerprint density at radius 2 is 2.05 bits per heavy atom. The normalized spacial score (nSPS) is 17.2. The van der Waals surface area contributed by atoms with Gasteiger partial charge in [0.2, 0.25) is 0 Å². The molecule has 0 bridgehead atoms. The molecule has 3 heterocycles. The lowest BCUT2D eigenvalue weighted by Crippen LogP contribution is -2.57. The molecule has 1 amide bonds. The van der Waals surface area contributed by atoms with Crippen LogP contribution in [0.2, 0.25) is 5.02 Å². The molecule has 0 unspecified atom stereocenters. The van der Waals surface area contributed by atoms with Crippen molar-refractivity contribution >= 4 is 34.4 Å². The number of aromatic nitrogens is 2. The van der Waals surface area contributed by atoms with Gasteiger partial charge in [-0.3, -0.25) is 4.57 Å². The third-order valence-electron chi connectivity index (χ3n) is 6.78. The third-order valence-corrected chi connectivity index (χ3v) is 7.16. The average Bonchev–Trinajstić information content (AvgIpc) is 3.00. The van der Waals surface area contributed by atoms with E-state index in [0.29, 0.717) is 42.9 Å². The van der Waals surface area contributed by atoms with Crippen LogP contribution >= 0.6 is 11.6 Å². The Kier molecular flexibility index (Phi) is 6.86. The minimum Gasteiger partial charge on any atom is -0.507 e. The van der Waals surface area contributed by atoms with Crippen LogP contribution in [0.3, 0.4) is 0 Å². The summed E-state index contributed by atoms with van der Waals surface area (Å²) >= 11 is 6.87. The smallest absolute Gasteiger partial charge is 0.410 e. The Balaban J connectivity index is 1.69. The molecule has 39 heavy (non-hydrogen) atoms. The number of benzene rings is 2. The molecular formula is C28H32ClFN4O5. The Labute approximate surface area is 230 Å². The number of hydrogen-bond donors (Lipinski definition) is 1. The first-order valence-corrected chi connectivity index (χ1v) is 13.4. The molecule has 208 valence electrons. The molecule has 9 nitrogen and oxygen atoms in total. The molecule has 3 aromatic rings. The molecule has 2 aliphatic rings. The van der Waals surface area contributed by atoms with Crippen molar-refractivity contribution in [3.63, 3.8) is 0 Å². The van der Waals surface area contributed by atoms with Gasteiger partial charge >= 0.3 is 11.8 Å². The zero-order valence-corrected chi connectivity index (χ0v) is 23.4. The fraction of sp³-hybridized carbons (Fsp3) is 0.464. The molecule has 0 radical (unpaired) electrons. The second kappa shape index (κ2) is 9.89. The van der Waals surface area contributed by atoms with Gasteiger partial charge in [-0.2, -0.15) is 4.98 Å². The maximum Gasteiger partial charge on any atom is 0.410 e. The number of hydrogen-bond acceptors (Lipinski definition) is 7. The van der Waals surface area contributed by atoms with Crippen LogP contribution in [0.4, 0.5) is 15.0 Å². The van der Waals surface area contributed by atoms with E-state index in [1.54, 1.807) is 11.0 Å². The molecule has 1 saturated heterocycles. The van der Waals surface area contributed by atoms with Gasteiger partial charge in [-0.15, -0.1) is 0 Å². The number of piperazine rings is 1. The Hall–Kier alpha value is -3.53. The second-order valence-electron chi connectivity index (χ2n) is 11.4. The topological polar surface area (TPSA) is 97.1 Å². The Morgan fingerprint density at radius 3 is 2.72 bits per heavy atom. The number of rotatable bonds is 3. The van der Waals surface area contributed by atoms with E-state index in [0.717, 1.165) is 0 Å². The molecule has 1 atom stereocenters. The monoisotopic (exact) mass is 558 g/mol. The van der Waals surface area contributed by atoms with E-state index >= 15 is 0 Å².